The van der Waals surface area contributed by atoms with Gasteiger partial charge in [-0.2, -0.15) is 0 Å². The van der Waals surface area contributed by atoms with E-state index in [4.69, 9.17) is 27.9 Å². The molecule has 0 aromatic heterocycles. The van der Waals surface area contributed by atoms with Crippen LogP contribution < -0.4 is 10.1 Å². The lowest BCUT2D eigenvalue weighted by Crippen LogP contribution is -2.20. The summed E-state index contributed by atoms with van der Waals surface area (Å²) in [6.07, 6.45) is 0. The molecule has 0 saturated heterocycles. The number of ether oxygens (including phenoxy) is 1. The van der Waals surface area contributed by atoms with Gasteiger partial charge in [0.2, 0.25) is 0 Å². The molecule has 2 aromatic carbocycles. The number of carbonyl (C=O) groups is 1. The van der Waals surface area contributed by atoms with E-state index in [0.29, 0.717) is 15.8 Å². The van der Waals surface area contributed by atoms with Gasteiger partial charge in [-0.1, -0.05) is 39.1 Å². The van der Waals surface area contributed by atoms with E-state index in [1.54, 1.807) is 18.2 Å². The molecule has 110 valence electrons. The van der Waals surface area contributed by atoms with Crippen LogP contribution in [0.2, 0.25) is 10.0 Å². The zero-order valence-electron chi connectivity index (χ0n) is 11.1. The van der Waals surface area contributed by atoms with E-state index in [-0.39, 0.29) is 12.5 Å². The van der Waals surface area contributed by atoms with Crippen molar-refractivity contribution in [3.05, 3.63) is 56.5 Å². The SMILES string of the molecule is Cc1cc(Br)ccc1NC(=O)COc1ccc(Cl)cc1Cl. The number of hydrogen-bond donors (Lipinski definition) is 1. The van der Waals surface area contributed by atoms with E-state index in [0.717, 1.165) is 15.7 Å². The lowest BCUT2D eigenvalue weighted by Gasteiger charge is -2.10. The second-order valence-electron chi connectivity index (χ2n) is 4.37. The number of nitrogens with one attached hydrogen (secondary N) is 1. The van der Waals surface area contributed by atoms with E-state index < -0.39 is 0 Å². The van der Waals surface area contributed by atoms with Crippen LogP contribution in [0.1, 0.15) is 5.56 Å². The first kappa shape index (κ1) is 16.1. The topological polar surface area (TPSA) is 38.3 Å². The molecule has 21 heavy (non-hydrogen) atoms. The van der Waals surface area contributed by atoms with Gasteiger partial charge in [-0.05, 0) is 48.9 Å². The number of anilines is 1. The zero-order chi connectivity index (χ0) is 15.4. The van der Waals surface area contributed by atoms with Gasteiger partial charge >= 0.3 is 0 Å². The van der Waals surface area contributed by atoms with Gasteiger partial charge in [0.25, 0.3) is 5.91 Å². The quantitative estimate of drug-likeness (QED) is 0.792. The predicted molar refractivity (Wildman–Crippen MR) is 89.5 cm³/mol. The number of amides is 1. The van der Waals surface area contributed by atoms with Crippen molar-refractivity contribution >= 4 is 50.7 Å². The first-order valence-electron chi connectivity index (χ1n) is 6.09. The van der Waals surface area contributed by atoms with Gasteiger partial charge in [0.1, 0.15) is 5.75 Å². The average molecular weight is 389 g/mol. The largest absolute Gasteiger partial charge is 0.482 e. The lowest BCUT2D eigenvalue weighted by atomic mass is 10.2. The van der Waals surface area contributed by atoms with Gasteiger partial charge in [0, 0.05) is 15.2 Å². The number of halogens is 3. The molecule has 2 rings (SSSR count). The minimum Gasteiger partial charge on any atom is -0.482 e. The molecule has 6 heteroatoms. The van der Waals surface area contributed by atoms with Crippen LogP contribution in [-0.4, -0.2) is 12.5 Å². The number of rotatable bonds is 4. The summed E-state index contributed by atoms with van der Waals surface area (Å²) < 4.78 is 6.34. The maximum Gasteiger partial charge on any atom is 0.262 e. The molecule has 0 aliphatic carbocycles. The van der Waals surface area contributed by atoms with E-state index in [1.165, 1.54) is 0 Å². The van der Waals surface area contributed by atoms with Crippen molar-refractivity contribution in [2.75, 3.05) is 11.9 Å². The Morgan fingerprint density at radius 2 is 2.00 bits per heavy atom. The predicted octanol–water partition coefficient (Wildman–Crippen LogP) is 5.08. The standard InChI is InChI=1S/C15H12BrCl2NO2/c1-9-6-10(16)2-4-13(9)19-15(20)8-21-14-5-3-11(17)7-12(14)18/h2-7H,8H2,1H3,(H,19,20). The fourth-order valence-corrected chi connectivity index (χ4v) is 2.63. The summed E-state index contributed by atoms with van der Waals surface area (Å²) in [6, 6.07) is 10.5. The number of benzene rings is 2. The van der Waals surface area contributed by atoms with Gasteiger partial charge in [-0.3, -0.25) is 4.79 Å². The average Bonchev–Trinajstić information content (AvgIpc) is 2.41. The smallest absolute Gasteiger partial charge is 0.262 e. The summed E-state index contributed by atoms with van der Waals surface area (Å²) >= 11 is 15.1. The minimum absolute atomic E-state index is 0.128. The highest BCUT2D eigenvalue weighted by atomic mass is 79.9. The molecule has 3 nitrogen and oxygen atoms in total. The van der Waals surface area contributed by atoms with E-state index in [1.807, 2.05) is 25.1 Å². The van der Waals surface area contributed by atoms with Crippen molar-refractivity contribution < 1.29 is 9.53 Å². The summed E-state index contributed by atoms with van der Waals surface area (Å²) in [5, 5.41) is 3.67. The molecule has 0 saturated carbocycles. The molecule has 0 atom stereocenters. The van der Waals surface area contributed by atoms with Crippen LogP contribution >= 0.6 is 39.1 Å². The Morgan fingerprint density at radius 1 is 1.24 bits per heavy atom. The first-order valence-corrected chi connectivity index (χ1v) is 7.64. The number of hydrogen-bond acceptors (Lipinski definition) is 2. The Hall–Kier alpha value is -1.23. The Morgan fingerprint density at radius 3 is 2.67 bits per heavy atom. The molecule has 1 N–H and O–H groups in total. The highest BCUT2D eigenvalue weighted by Crippen LogP contribution is 2.27. The second kappa shape index (κ2) is 7.16. The van der Waals surface area contributed by atoms with Crippen molar-refractivity contribution in [3.63, 3.8) is 0 Å². The van der Waals surface area contributed by atoms with E-state index >= 15 is 0 Å². The van der Waals surface area contributed by atoms with Gasteiger partial charge in [0.05, 0.1) is 5.02 Å². The van der Waals surface area contributed by atoms with Gasteiger partial charge in [0.15, 0.2) is 6.61 Å². The Kier molecular flexibility index (Phi) is 5.51. The molecule has 0 aliphatic rings. The third-order valence-corrected chi connectivity index (χ3v) is 3.74. The fourth-order valence-electron chi connectivity index (χ4n) is 1.69. The Labute approximate surface area is 141 Å². The van der Waals surface area contributed by atoms with Crippen LogP contribution in [0.15, 0.2) is 40.9 Å². The zero-order valence-corrected chi connectivity index (χ0v) is 14.2. The van der Waals surface area contributed by atoms with Crippen molar-refractivity contribution in [1.29, 1.82) is 0 Å². The van der Waals surface area contributed by atoms with Crippen molar-refractivity contribution in [2.24, 2.45) is 0 Å². The van der Waals surface area contributed by atoms with E-state index in [9.17, 15) is 4.79 Å². The molecule has 0 unspecified atom stereocenters. The van der Waals surface area contributed by atoms with Crippen LogP contribution in [0.4, 0.5) is 5.69 Å². The molecule has 0 heterocycles. The molecule has 2 aromatic rings. The summed E-state index contributed by atoms with van der Waals surface area (Å²) in [4.78, 5) is 11.9. The van der Waals surface area contributed by atoms with Gasteiger partial charge in [-0.15, -0.1) is 0 Å². The Balaban J connectivity index is 1.96. The summed E-state index contributed by atoms with van der Waals surface area (Å²) in [5.74, 6) is 0.162. The third-order valence-electron chi connectivity index (χ3n) is 2.72. The summed E-state index contributed by atoms with van der Waals surface area (Å²) in [6.45, 7) is 1.79. The van der Waals surface area contributed by atoms with Crippen LogP contribution in [0.5, 0.6) is 5.75 Å². The molecular weight excluding hydrogens is 377 g/mol. The molecule has 0 fully saturated rings. The molecule has 0 bridgehead atoms. The summed E-state index contributed by atoms with van der Waals surface area (Å²) in [5.41, 5.74) is 1.70. The monoisotopic (exact) mass is 387 g/mol. The minimum atomic E-state index is -0.258. The van der Waals surface area contributed by atoms with Crippen LogP contribution in [0.3, 0.4) is 0 Å². The molecule has 0 spiro atoms. The second-order valence-corrected chi connectivity index (χ2v) is 6.13. The van der Waals surface area contributed by atoms with Crippen LogP contribution in [0.25, 0.3) is 0 Å². The fraction of sp³-hybridized carbons (Fsp3) is 0.133. The number of carbonyl (C=O) groups excluding carboxylic acids is 1. The van der Waals surface area contributed by atoms with Crippen molar-refractivity contribution in [2.45, 2.75) is 6.92 Å². The molecular formula is C15H12BrCl2NO2. The molecule has 0 radical (unpaired) electrons. The van der Waals surface area contributed by atoms with Crippen molar-refractivity contribution in [1.82, 2.24) is 0 Å². The third kappa shape index (κ3) is 4.63. The molecule has 1 amide bonds. The first-order chi connectivity index (χ1) is 9.95. The van der Waals surface area contributed by atoms with Gasteiger partial charge in [-0.25, -0.2) is 0 Å². The molecule has 0 aliphatic heterocycles. The number of aryl methyl sites for hydroxylation is 1. The van der Waals surface area contributed by atoms with Crippen molar-refractivity contribution in [3.8, 4) is 5.75 Å². The van der Waals surface area contributed by atoms with Crippen LogP contribution in [0, 0.1) is 6.92 Å². The maximum atomic E-state index is 11.9. The maximum absolute atomic E-state index is 11.9. The Bertz CT molecular complexity index is 677. The summed E-state index contributed by atoms with van der Waals surface area (Å²) in [7, 11) is 0. The van der Waals surface area contributed by atoms with Crippen LogP contribution in [-0.2, 0) is 4.79 Å². The lowest BCUT2D eigenvalue weighted by molar-refractivity contribution is -0.118. The van der Waals surface area contributed by atoms with E-state index in [2.05, 4.69) is 21.2 Å². The normalized spacial score (nSPS) is 10.3. The van der Waals surface area contributed by atoms with Gasteiger partial charge < -0.3 is 10.1 Å². The highest BCUT2D eigenvalue weighted by molar-refractivity contribution is 9.10. The highest BCUT2D eigenvalue weighted by Gasteiger charge is 2.08.